The largest absolute Gasteiger partial charge is 0.352 e. The molecule has 0 aliphatic carbocycles. The summed E-state index contributed by atoms with van der Waals surface area (Å²) < 4.78 is 4.60. The molecule has 1 heterocycles. The molecule has 1 unspecified atom stereocenters. The number of amides is 1. The molecule has 96 valence electrons. The van der Waals surface area contributed by atoms with E-state index in [2.05, 4.69) is 39.1 Å². The highest BCUT2D eigenvalue weighted by Gasteiger charge is 2.09. The molecule has 1 rings (SSSR count). The van der Waals surface area contributed by atoms with Gasteiger partial charge in [-0.25, -0.2) is 0 Å². The van der Waals surface area contributed by atoms with E-state index < -0.39 is 0 Å². The predicted molar refractivity (Wildman–Crippen MR) is 63.3 cm³/mol. The molecular formula is C11H20N4O2. The first-order valence-electron chi connectivity index (χ1n) is 5.85. The van der Waals surface area contributed by atoms with Gasteiger partial charge >= 0.3 is 0 Å². The van der Waals surface area contributed by atoms with Gasteiger partial charge in [0.15, 0.2) is 5.82 Å². The molecule has 0 fully saturated rings. The van der Waals surface area contributed by atoms with Crippen molar-refractivity contribution in [2.75, 3.05) is 13.1 Å². The number of carbonyl (C=O) groups excluding carboxylic acids is 1. The molecule has 0 aliphatic heterocycles. The van der Waals surface area contributed by atoms with Crippen LogP contribution in [-0.2, 0) is 11.2 Å². The quantitative estimate of drug-likeness (QED) is 0.673. The summed E-state index contributed by atoms with van der Waals surface area (Å²) >= 11 is 0. The van der Waals surface area contributed by atoms with Crippen LogP contribution in [0.25, 0.3) is 0 Å². The summed E-state index contributed by atoms with van der Waals surface area (Å²) in [5.74, 6) is 1.10. The molecule has 0 spiro atoms. The monoisotopic (exact) mass is 240 g/mol. The van der Waals surface area contributed by atoms with Crippen LogP contribution in [0.1, 0.15) is 26.6 Å². The molecule has 17 heavy (non-hydrogen) atoms. The molecule has 6 heteroatoms. The highest BCUT2D eigenvalue weighted by atomic mass is 16.5. The lowest BCUT2D eigenvalue weighted by molar-refractivity contribution is -0.121. The minimum Gasteiger partial charge on any atom is -0.352 e. The third kappa shape index (κ3) is 5.44. The van der Waals surface area contributed by atoms with Crippen molar-refractivity contribution in [3.63, 3.8) is 0 Å². The molecule has 1 atom stereocenters. The van der Waals surface area contributed by atoms with Crippen LogP contribution >= 0.6 is 0 Å². The smallest absolute Gasteiger partial charge is 0.234 e. The lowest BCUT2D eigenvalue weighted by Crippen LogP contribution is -2.41. The Kier molecular flexibility index (Phi) is 5.62. The van der Waals surface area contributed by atoms with Gasteiger partial charge in [-0.05, 0) is 12.8 Å². The Morgan fingerprint density at radius 2 is 2.24 bits per heavy atom. The van der Waals surface area contributed by atoms with Crippen LogP contribution in [0.2, 0.25) is 0 Å². The Hall–Kier alpha value is -1.43. The third-order valence-corrected chi connectivity index (χ3v) is 2.61. The highest BCUT2D eigenvalue weighted by Crippen LogP contribution is 1.98. The number of hydrogen-bond donors (Lipinski definition) is 2. The summed E-state index contributed by atoms with van der Waals surface area (Å²) in [6.45, 7) is 7.13. The highest BCUT2D eigenvalue weighted by molar-refractivity contribution is 5.78. The molecule has 6 nitrogen and oxygen atoms in total. The van der Waals surface area contributed by atoms with E-state index in [9.17, 15) is 4.79 Å². The zero-order valence-electron chi connectivity index (χ0n) is 10.6. The Balaban J connectivity index is 2.08. The first-order chi connectivity index (χ1) is 8.09. The molecule has 0 bridgehead atoms. The van der Waals surface area contributed by atoms with Gasteiger partial charge in [0.05, 0.1) is 6.54 Å². The predicted octanol–water partition coefficient (Wildman–Crippen LogP) is 0.362. The number of nitrogens with one attached hydrogen (secondary N) is 2. The van der Waals surface area contributed by atoms with Crippen LogP contribution in [0, 0.1) is 5.92 Å². The van der Waals surface area contributed by atoms with Crippen molar-refractivity contribution in [2.45, 2.75) is 33.2 Å². The summed E-state index contributed by atoms with van der Waals surface area (Å²) in [4.78, 5) is 15.4. The fraction of sp³-hybridized carbons (Fsp3) is 0.727. The fourth-order valence-electron chi connectivity index (χ4n) is 1.18. The zero-order chi connectivity index (χ0) is 12.7. The van der Waals surface area contributed by atoms with Gasteiger partial charge < -0.3 is 15.2 Å². The van der Waals surface area contributed by atoms with Crippen LogP contribution in [-0.4, -0.2) is 35.2 Å². The number of carbonyl (C=O) groups is 1. The maximum atomic E-state index is 11.5. The van der Waals surface area contributed by atoms with E-state index in [-0.39, 0.29) is 11.9 Å². The topological polar surface area (TPSA) is 80.0 Å². The first kappa shape index (κ1) is 13.6. The van der Waals surface area contributed by atoms with Crippen molar-refractivity contribution in [2.24, 2.45) is 5.92 Å². The second-order valence-corrected chi connectivity index (χ2v) is 4.37. The Labute approximate surface area is 101 Å². The lowest BCUT2D eigenvalue weighted by Gasteiger charge is -2.17. The molecular weight excluding hydrogens is 220 g/mol. The minimum atomic E-state index is 0.0133. The number of hydrogen-bond acceptors (Lipinski definition) is 5. The van der Waals surface area contributed by atoms with Gasteiger partial charge in [-0.15, -0.1) is 0 Å². The average Bonchev–Trinajstić information content (AvgIpc) is 2.77. The molecule has 0 aliphatic rings. The molecule has 0 aromatic carbocycles. The van der Waals surface area contributed by atoms with Gasteiger partial charge in [0.25, 0.3) is 0 Å². The van der Waals surface area contributed by atoms with Crippen molar-refractivity contribution < 1.29 is 9.32 Å². The van der Waals surface area contributed by atoms with E-state index in [1.807, 2.05) is 6.92 Å². The standard InChI is InChI=1S/C11H20N4O2/c1-8(2)9(3)14-11(16)6-12-5-4-10-13-7-17-15-10/h7-9,12H,4-6H2,1-3H3,(H,14,16). The molecule has 1 amide bonds. The lowest BCUT2D eigenvalue weighted by atomic mass is 10.1. The fourth-order valence-corrected chi connectivity index (χ4v) is 1.18. The van der Waals surface area contributed by atoms with Gasteiger partial charge in [-0.3, -0.25) is 4.79 Å². The summed E-state index contributed by atoms with van der Waals surface area (Å²) in [5.41, 5.74) is 0. The van der Waals surface area contributed by atoms with Crippen LogP contribution < -0.4 is 10.6 Å². The second-order valence-electron chi connectivity index (χ2n) is 4.37. The number of aromatic nitrogens is 2. The Bertz CT molecular complexity index is 324. The van der Waals surface area contributed by atoms with Gasteiger partial charge in [0, 0.05) is 19.0 Å². The average molecular weight is 240 g/mol. The van der Waals surface area contributed by atoms with Crippen molar-refractivity contribution in [1.29, 1.82) is 0 Å². The van der Waals surface area contributed by atoms with Gasteiger partial charge in [-0.2, -0.15) is 4.98 Å². The van der Waals surface area contributed by atoms with Crippen molar-refractivity contribution in [3.05, 3.63) is 12.2 Å². The maximum absolute atomic E-state index is 11.5. The molecule has 2 N–H and O–H groups in total. The van der Waals surface area contributed by atoms with E-state index in [1.54, 1.807) is 0 Å². The third-order valence-electron chi connectivity index (χ3n) is 2.61. The van der Waals surface area contributed by atoms with Gasteiger partial charge in [0.2, 0.25) is 12.3 Å². The van der Waals surface area contributed by atoms with E-state index in [4.69, 9.17) is 0 Å². The van der Waals surface area contributed by atoms with E-state index >= 15 is 0 Å². The number of nitrogens with zero attached hydrogens (tertiary/aromatic N) is 2. The van der Waals surface area contributed by atoms with Crippen molar-refractivity contribution >= 4 is 5.91 Å². The van der Waals surface area contributed by atoms with E-state index in [0.717, 1.165) is 0 Å². The minimum absolute atomic E-state index is 0.0133. The molecule has 1 aromatic rings. The molecule has 0 radical (unpaired) electrons. The second kappa shape index (κ2) is 7.01. The summed E-state index contributed by atoms with van der Waals surface area (Å²) in [6, 6.07) is 0.196. The normalized spacial score (nSPS) is 12.7. The summed E-state index contributed by atoms with van der Waals surface area (Å²) in [6.07, 6.45) is 1.95. The van der Waals surface area contributed by atoms with E-state index in [0.29, 0.717) is 31.3 Å². The molecule has 1 aromatic heterocycles. The first-order valence-corrected chi connectivity index (χ1v) is 5.85. The van der Waals surface area contributed by atoms with Crippen LogP contribution in [0.4, 0.5) is 0 Å². The van der Waals surface area contributed by atoms with Gasteiger partial charge in [-0.1, -0.05) is 19.0 Å². The maximum Gasteiger partial charge on any atom is 0.234 e. The summed E-state index contributed by atoms with van der Waals surface area (Å²) in [5, 5.41) is 9.63. The number of rotatable bonds is 7. The Morgan fingerprint density at radius 3 is 2.82 bits per heavy atom. The van der Waals surface area contributed by atoms with Crippen LogP contribution in [0.15, 0.2) is 10.9 Å². The Morgan fingerprint density at radius 1 is 1.47 bits per heavy atom. The SMILES string of the molecule is CC(C)C(C)NC(=O)CNCCc1ncon1. The van der Waals surface area contributed by atoms with Crippen molar-refractivity contribution in [3.8, 4) is 0 Å². The van der Waals surface area contributed by atoms with E-state index in [1.165, 1.54) is 6.39 Å². The van der Waals surface area contributed by atoms with Crippen molar-refractivity contribution in [1.82, 2.24) is 20.8 Å². The summed E-state index contributed by atoms with van der Waals surface area (Å²) in [7, 11) is 0. The zero-order valence-corrected chi connectivity index (χ0v) is 10.6. The molecule has 0 saturated carbocycles. The van der Waals surface area contributed by atoms with Crippen LogP contribution in [0.5, 0.6) is 0 Å². The molecule has 0 saturated heterocycles. The van der Waals surface area contributed by atoms with Gasteiger partial charge in [0.1, 0.15) is 0 Å². The van der Waals surface area contributed by atoms with Crippen LogP contribution in [0.3, 0.4) is 0 Å².